The largest absolute Gasteiger partial charge is 0.444 e. The molecule has 0 spiro atoms. The Kier molecular flexibility index (Phi) is 5.81. The first-order valence-corrected chi connectivity index (χ1v) is 10.1. The average molecular weight is 419 g/mol. The Labute approximate surface area is 180 Å². The molecule has 0 radical (unpaired) electrons. The minimum absolute atomic E-state index is 0.184. The van der Waals surface area contributed by atoms with Gasteiger partial charge in [0.1, 0.15) is 11.6 Å². The fraction of sp³-hybridized carbons (Fsp3) is 0.304. The van der Waals surface area contributed by atoms with E-state index in [2.05, 4.69) is 20.6 Å². The first-order chi connectivity index (χ1) is 14.9. The van der Waals surface area contributed by atoms with Gasteiger partial charge in [-0.2, -0.15) is 9.61 Å². The van der Waals surface area contributed by atoms with Crippen LogP contribution in [0.5, 0.6) is 0 Å². The van der Waals surface area contributed by atoms with Crippen molar-refractivity contribution in [1.82, 2.24) is 25.1 Å². The highest BCUT2D eigenvalue weighted by Crippen LogP contribution is 2.21. The first-order valence-electron chi connectivity index (χ1n) is 10.1. The molecule has 8 heteroatoms. The summed E-state index contributed by atoms with van der Waals surface area (Å²) in [5, 5.41) is 17.9. The highest BCUT2D eigenvalue weighted by molar-refractivity contribution is 5.92. The SMILES string of the molecule is CC(C)(C)OC(=O)NC(COCc1ccccc1)c1nnc2c3ccccc3cnn12. The van der Waals surface area contributed by atoms with E-state index in [4.69, 9.17) is 9.47 Å². The molecule has 4 rings (SSSR count). The average Bonchev–Trinajstić information content (AvgIpc) is 3.17. The van der Waals surface area contributed by atoms with Gasteiger partial charge in [-0.05, 0) is 26.3 Å². The lowest BCUT2D eigenvalue weighted by molar-refractivity contribution is 0.0419. The van der Waals surface area contributed by atoms with E-state index in [9.17, 15) is 4.79 Å². The molecule has 2 aromatic heterocycles. The zero-order valence-corrected chi connectivity index (χ0v) is 17.8. The van der Waals surface area contributed by atoms with Gasteiger partial charge < -0.3 is 14.8 Å². The number of nitrogens with one attached hydrogen (secondary N) is 1. The third-order valence-corrected chi connectivity index (χ3v) is 4.58. The van der Waals surface area contributed by atoms with Gasteiger partial charge in [-0.25, -0.2) is 4.79 Å². The summed E-state index contributed by atoms with van der Waals surface area (Å²) in [6.07, 6.45) is 1.20. The van der Waals surface area contributed by atoms with E-state index in [-0.39, 0.29) is 6.61 Å². The molecule has 0 bridgehead atoms. The van der Waals surface area contributed by atoms with Gasteiger partial charge in [0, 0.05) is 10.8 Å². The van der Waals surface area contributed by atoms with Gasteiger partial charge in [-0.1, -0.05) is 54.6 Å². The van der Waals surface area contributed by atoms with Crippen LogP contribution < -0.4 is 5.32 Å². The summed E-state index contributed by atoms with van der Waals surface area (Å²) in [5.41, 5.74) is 1.03. The second-order valence-corrected chi connectivity index (χ2v) is 8.22. The first kappa shape index (κ1) is 20.7. The smallest absolute Gasteiger partial charge is 0.408 e. The standard InChI is InChI=1S/C23H25N5O3/c1-23(2,3)31-22(29)25-19(15-30-14-16-9-5-4-6-10-16)21-27-26-20-18-12-8-7-11-17(18)13-24-28(20)21/h4-13,19H,14-15H2,1-3H3,(H,25,29). The third-order valence-electron chi connectivity index (χ3n) is 4.58. The summed E-state index contributed by atoms with van der Waals surface area (Å²) < 4.78 is 13.0. The number of aromatic nitrogens is 4. The van der Waals surface area contributed by atoms with Crippen LogP contribution in [0, 0.1) is 0 Å². The number of nitrogens with zero attached hydrogens (tertiary/aromatic N) is 4. The molecule has 0 aliphatic heterocycles. The lowest BCUT2D eigenvalue weighted by atomic mass is 10.2. The summed E-state index contributed by atoms with van der Waals surface area (Å²) in [7, 11) is 0. The predicted octanol–water partition coefficient (Wildman–Crippen LogP) is 4.06. The lowest BCUT2D eigenvalue weighted by Crippen LogP contribution is -2.37. The van der Waals surface area contributed by atoms with Crippen molar-refractivity contribution < 1.29 is 14.3 Å². The highest BCUT2D eigenvalue weighted by atomic mass is 16.6. The number of hydrogen-bond donors (Lipinski definition) is 1. The predicted molar refractivity (Wildman–Crippen MR) is 116 cm³/mol. The van der Waals surface area contributed by atoms with Crippen molar-refractivity contribution in [2.45, 2.75) is 39.0 Å². The summed E-state index contributed by atoms with van der Waals surface area (Å²) in [6.45, 7) is 6.03. The molecule has 0 saturated heterocycles. The van der Waals surface area contributed by atoms with Crippen molar-refractivity contribution in [3.8, 4) is 0 Å². The van der Waals surface area contributed by atoms with Crippen LogP contribution in [0.3, 0.4) is 0 Å². The van der Waals surface area contributed by atoms with Gasteiger partial charge >= 0.3 is 6.09 Å². The summed E-state index contributed by atoms with van der Waals surface area (Å²) >= 11 is 0. The molecule has 0 fully saturated rings. The Hall–Kier alpha value is -3.52. The number of carbonyl (C=O) groups excluding carboxylic acids is 1. The summed E-state index contributed by atoms with van der Waals surface area (Å²) in [4.78, 5) is 12.5. The second kappa shape index (κ2) is 8.69. The summed E-state index contributed by atoms with van der Waals surface area (Å²) in [6, 6.07) is 17.1. The molecule has 31 heavy (non-hydrogen) atoms. The van der Waals surface area contributed by atoms with Gasteiger partial charge in [0.25, 0.3) is 0 Å². The van der Waals surface area contributed by atoms with Crippen LogP contribution in [-0.2, 0) is 16.1 Å². The minimum Gasteiger partial charge on any atom is -0.444 e. The van der Waals surface area contributed by atoms with E-state index in [1.165, 1.54) is 0 Å². The monoisotopic (exact) mass is 419 g/mol. The fourth-order valence-corrected chi connectivity index (χ4v) is 3.22. The maximum atomic E-state index is 12.5. The van der Waals surface area contributed by atoms with Gasteiger partial charge in [0.2, 0.25) is 0 Å². The zero-order valence-electron chi connectivity index (χ0n) is 17.8. The van der Waals surface area contributed by atoms with Crippen LogP contribution in [0.25, 0.3) is 16.4 Å². The quantitative estimate of drug-likeness (QED) is 0.507. The minimum atomic E-state index is -0.624. The van der Waals surface area contributed by atoms with E-state index in [1.54, 1.807) is 10.7 Å². The molecule has 0 aliphatic rings. The van der Waals surface area contributed by atoms with E-state index < -0.39 is 17.7 Å². The number of alkyl carbamates (subject to hydrolysis) is 1. The Balaban J connectivity index is 1.61. The van der Waals surface area contributed by atoms with Gasteiger partial charge in [0.15, 0.2) is 11.5 Å². The molecule has 1 unspecified atom stereocenters. The van der Waals surface area contributed by atoms with Crippen LogP contribution >= 0.6 is 0 Å². The van der Waals surface area contributed by atoms with Gasteiger partial charge in [0.05, 0.1) is 19.4 Å². The lowest BCUT2D eigenvalue weighted by Gasteiger charge is -2.23. The molecule has 0 aliphatic carbocycles. The molecule has 0 saturated carbocycles. The van der Waals surface area contributed by atoms with Crippen molar-refractivity contribution in [2.24, 2.45) is 0 Å². The maximum Gasteiger partial charge on any atom is 0.408 e. The Morgan fingerprint density at radius 1 is 1.06 bits per heavy atom. The maximum absolute atomic E-state index is 12.5. The molecule has 2 heterocycles. The fourth-order valence-electron chi connectivity index (χ4n) is 3.22. The van der Waals surface area contributed by atoms with Crippen molar-refractivity contribution >= 4 is 22.5 Å². The van der Waals surface area contributed by atoms with E-state index in [1.807, 2.05) is 75.4 Å². The Morgan fingerprint density at radius 2 is 1.81 bits per heavy atom. The van der Waals surface area contributed by atoms with Crippen LogP contribution in [0.4, 0.5) is 4.79 Å². The number of carbonyl (C=O) groups is 1. The van der Waals surface area contributed by atoms with Crippen LogP contribution in [0.15, 0.2) is 60.8 Å². The van der Waals surface area contributed by atoms with Gasteiger partial charge in [-0.15, -0.1) is 10.2 Å². The van der Waals surface area contributed by atoms with E-state index in [0.29, 0.717) is 18.1 Å². The molecule has 8 nitrogen and oxygen atoms in total. The number of hydrogen-bond acceptors (Lipinski definition) is 6. The third kappa shape index (κ3) is 4.97. The highest BCUT2D eigenvalue weighted by Gasteiger charge is 2.25. The Bertz CT molecular complexity index is 1180. The van der Waals surface area contributed by atoms with Crippen molar-refractivity contribution in [2.75, 3.05) is 6.61 Å². The van der Waals surface area contributed by atoms with Gasteiger partial charge in [-0.3, -0.25) is 0 Å². The number of fused-ring (bicyclic) bond motifs is 3. The normalized spacial score (nSPS) is 12.7. The molecular weight excluding hydrogens is 394 g/mol. The molecule has 2 aromatic carbocycles. The molecule has 1 amide bonds. The van der Waals surface area contributed by atoms with Crippen molar-refractivity contribution in [1.29, 1.82) is 0 Å². The van der Waals surface area contributed by atoms with Crippen LogP contribution in [-0.4, -0.2) is 38.1 Å². The van der Waals surface area contributed by atoms with E-state index >= 15 is 0 Å². The zero-order chi connectivity index (χ0) is 21.8. The molecule has 1 atom stereocenters. The Morgan fingerprint density at radius 3 is 2.58 bits per heavy atom. The number of rotatable bonds is 6. The number of ether oxygens (including phenoxy) is 2. The second-order valence-electron chi connectivity index (χ2n) is 8.22. The van der Waals surface area contributed by atoms with Crippen LogP contribution in [0.2, 0.25) is 0 Å². The summed E-state index contributed by atoms with van der Waals surface area (Å²) in [5.74, 6) is 0.472. The molecular formula is C23H25N5O3. The topological polar surface area (TPSA) is 90.6 Å². The molecule has 4 aromatic rings. The number of benzene rings is 2. The van der Waals surface area contributed by atoms with Crippen molar-refractivity contribution in [3.05, 3.63) is 72.2 Å². The van der Waals surface area contributed by atoms with Crippen LogP contribution in [0.1, 0.15) is 38.2 Å². The molecule has 160 valence electrons. The molecule has 1 N–H and O–H groups in total. The van der Waals surface area contributed by atoms with Crippen molar-refractivity contribution in [3.63, 3.8) is 0 Å². The van der Waals surface area contributed by atoms with E-state index in [0.717, 1.165) is 16.3 Å². The number of amides is 1.